The highest BCUT2D eigenvalue weighted by Crippen LogP contribution is 2.09. The van der Waals surface area contributed by atoms with Crippen molar-refractivity contribution in [3.8, 4) is 0 Å². The van der Waals surface area contributed by atoms with Gasteiger partial charge < -0.3 is 5.73 Å². The fourth-order valence-corrected chi connectivity index (χ4v) is 1.70. The number of hydrogen-bond acceptors (Lipinski definition) is 3. The highest BCUT2D eigenvalue weighted by Gasteiger charge is 2.11. The van der Waals surface area contributed by atoms with Crippen molar-refractivity contribution in [2.75, 3.05) is 7.05 Å². The van der Waals surface area contributed by atoms with E-state index in [9.17, 15) is 0 Å². The SMILES string of the molecule is CC(C(=N)N)N(C)Cc1ccsc1. The zero-order valence-corrected chi connectivity index (χ0v) is 8.77. The molecule has 0 radical (unpaired) electrons. The molecular formula is C9H15N3S. The quantitative estimate of drug-likeness (QED) is 0.568. The van der Waals surface area contributed by atoms with Gasteiger partial charge >= 0.3 is 0 Å². The molecule has 0 aliphatic carbocycles. The third-order valence-electron chi connectivity index (χ3n) is 2.12. The van der Waals surface area contributed by atoms with Crippen molar-refractivity contribution < 1.29 is 0 Å². The molecular weight excluding hydrogens is 182 g/mol. The first-order valence-corrected chi connectivity index (χ1v) is 5.10. The second-order valence-electron chi connectivity index (χ2n) is 3.18. The van der Waals surface area contributed by atoms with Gasteiger partial charge in [0.05, 0.1) is 6.04 Å². The highest BCUT2D eigenvalue weighted by molar-refractivity contribution is 7.07. The standard InChI is InChI=1S/C9H15N3S/c1-7(9(10)11)12(2)5-8-3-4-13-6-8/h3-4,6-7H,5H2,1-2H3,(H3,10,11). The van der Waals surface area contributed by atoms with E-state index in [1.807, 2.05) is 14.0 Å². The molecule has 4 heteroatoms. The van der Waals surface area contributed by atoms with Crippen LogP contribution in [0.25, 0.3) is 0 Å². The average molecular weight is 197 g/mol. The number of likely N-dealkylation sites (N-methyl/N-ethyl adjacent to an activating group) is 1. The van der Waals surface area contributed by atoms with E-state index in [2.05, 4.69) is 21.7 Å². The van der Waals surface area contributed by atoms with Gasteiger partial charge in [-0.25, -0.2) is 0 Å². The van der Waals surface area contributed by atoms with Gasteiger partial charge in [0.2, 0.25) is 0 Å². The Labute approximate surface area is 82.7 Å². The molecule has 72 valence electrons. The number of nitrogens with one attached hydrogen (secondary N) is 1. The van der Waals surface area contributed by atoms with Crippen LogP contribution in [-0.4, -0.2) is 23.8 Å². The van der Waals surface area contributed by atoms with Crippen LogP contribution in [0.2, 0.25) is 0 Å². The predicted octanol–water partition coefficient (Wildman–Crippen LogP) is 1.50. The minimum Gasteiger partial charge on any atom is -0.386 e. The second-order valence-corrected chi connectivity index (χ2v) is 3.96. The fourth-order valence-electron chi connectivity index (χ4n) is 1.04. The molecule has 0 spiro atoms. The monoisotopic (exact) mass is 197 g/mol. The lowest BCUT2D eigenvalue weighted by Crippen LogP contribution is -2.39. The van der Waals surface area contributed by atoms with E-state index in [1.165, 1.54) is 5.56 Å². The summed E-state index contributed by atoms with van der Waals surface area (Å²) < 4.78 is 0. The Kier molecular flexibility index (Phi) is 3.45. The molecule has 0 aromatic carbocycles. The molecule has 1 rings (SSSR count). The Hall–Kier alpha value is -0.870. The van der Waals surface area contributed by atoms with Crippen LogP contribution in [0.4, 0.5) is 0 Å². The molecule has 1 heterocycles. The van der Waals surface area contributed by atoms with E-state index in [0.717, 1.165) is 6.54 Å². The van der Waals surface area contributed by atoms with Crippen LogP contribution in [0.3, 0.4) is 0 Å². The van der Waals surface area contributed by atoms with Crippen molar-refractivity contribution in [1.29, 1.82) is 5.41 Å². The smallest absolute Gasteiger partial charge is 0.108 e. The molecule has 13 heavy (non-hydrogen) atoms. The molecule has 0 saturated carbocycles. The molecule has 3 nitrogen and oxygen atoms in total. The van der Waals surface area contributed by atoms with E-state index >= 15 is 0 Å². The molecule has 1 aromatic rings. The Morgan fingerprint density at radius 2 is 2.46 bits per heavy atom. The summed E-state index contributed by atoms with van der Waals surface area (Å²) >= 11 is 1.69. The van der Waals surface area contributed by atoms with Crippen molar-refractivity contribution in [3.05, 3.63) is 22.4 Å². The van der Waals surface area contributed by atoms with Crippen molar-refractivity contribution in [3.63, 3.8) is 0 Å². The maximum atomic E-state index is 7.30. The molecule has 1 unspecified atom stereocenters. The van der Waals surface area contributed by atoms with Crippen molar-refractivity contribution in [1.82, 2.24) is 4.90 Å². The second kappa shape index (κ2) is 4.39. The zero-order valence-electron chi connectivity index (χ0n) is 7.95. The van der Waals surface area contributed by atoms with Gasteiger partial charge in [-0.3, -0.25) is 10.3 Å². The predicted molar refractivity (Wildman–Crippen MR) is 57.2 cm³/mol. The van der Waals surface area contributed by atoms with Gasteiger partial charge in [-0.15, -0.1) is 0 Å². The fraction of sp³-hybridized carbons (Fsp3) is 0.444. The topological polar surface area (TPSA) is 53.1 Å². The van der Waals surface area contributed by atoms with Crippen LogP contribution in [0.5, 0.6) is 0 Å². The zero-order chi connectivity index (χ0) is 9.84. The number of amidine groups is 1. The minimum absolute atomic E-state index is 0.0138. The van der Waals surface area contributed by atoms with E-state index in [-0.39, 0.29) is 11.9 Å². The van der Waals surface area contributed by atoms with E-state index < -0.39 is 0 Å². The normalized spacial score (nSPS) is 13.2. The lowest BCUT2D eigenvalue weighted by molar-refractivity contribution is 0.302. The number of nitrogens with zero attached hydrogens (tertiary/aromatic N) is 1. The molecule has 0 aliphatic heterocycles. The van der Waals surface area contributed by atoms with E-state index in [0.29, 0.717) is 0 Å². The van der Waals surface area contributed by atoms with E-state index in [4.69, 9.17) is 11.1 Å². The third-order valence-corrected chi connectivity index (χ3v) is 2.86. The van der Waals surface area contributed by atoms with Crippen LogP contribution in [-0.2, 0) is 6.54 Å². The molecule has 0 bridgehead atoms. The summed E-state index contributed by atoms with van der Waals surface area (Å²) in [5.41, 5.74) is 6.69. The largest absolute Gasteiger partial charge is 0.386 e. The summed E-state index contributed by atoms with van der Waals surface area (Å²) in [6.07, 6.45) is 0. The van der Waals surface area contributed by atoms with Gasteiger partial charge in [-0.1, -0.05) is 0 Å². The molecule has 1 aromatic heterocycles. The van der Waals surface area contributed by atoms with E-state index in [1.54, 1.807) is 11.3 Å². The van der Waals surface area contributed by atoms with Gasteiger partial charge in [0, 0.05) is 6.54 Å². The molecule has 1 atom stereocenters. The highest BCUT2D eigenvalue weighted by atomic mass is 32.1. The average Bonchev–Trinajstić information content (AvgIpc) is 2.55. The molecule has 0 amide bonds. The van der Waals surface area contributed by atoms with Crippen molar-refractivity contribution >= 4 is 17.2 Å². The summed E-state index contributed by atoms with van der Waals surface area (Å²) in [5, 5.41) is 11.5. The maximum absolute atomic E-state index is 7.30. The van der Waals surface area contributed by atoms with Gasteiger partial charge in [0.15, 0.2) is 0 Å². The summed E-state index contributed by atoms with van der Waals surface area (Å²) in [6.45, 7) is 2.79. The van der Waals surface area contributed by atoms with Crippen molar-refractivity contribution in [2.24, 2.45) is 5.73 Å². The maximum Gasteiger partial charge on any atom is 0.108 e. The van der Waals surface area contributed by atoms with Crippen LogP contribution >= 0.6 is 11.3 Å². The summed E-state index contributed by atoms with van der Waals surface area (Å²) in [4.78, 5) is 2.06. The number of nitrogens with two attached hydrogens (primary N) is 1. The lowest BCUT2D eigenvalue weighted by Gasteiger charge is -2.22. The van der Waals surface area contributed by atoms with Gasteiger partial charge in [-0.2, -0.15) is 11.3 Å². The Morgan fingerprint density at radius 1 is 1.77 bits per heavy atom. The van der Waals surface area contributed by atoms with Crippen LogP contribution in [0.15, 0.2) is 16.8 Å². The first kappa shape index (κ1) is 10.2. The Bertz CT molecular complexity index is 268. The van der Waals surface area contributed by atoms with Crippen LogP contribution in [0, 0.1) is 5.41 Å². The Morgan fingerprint density at radius 3 is 2.92 bits per heavy atom. The number of rotatable bonds is 4. The minimum atomic E-state index is 0.0138. The molecule has 0 fully saturated rings. The summed E-state index contributed by atoms with van der Waals surface area (Å²) in [7, 11) is 1.98. The van der Waals surface area contributed by atoms with Crippen LogP contribution in [0.1, 0.15) is 12.5 Å². The Balaban J connectivity index is 2.50. The molecule has 3 N–H and O–H groups in total. The van der Waals surface area contributed by atoms with Crippen LogP contribution < -0.4 is 5.73 Å². The van der Waals surface area contributed by atoms with Gasteiger partial charge in [-0.05, 0) is 36.4 Å². The van der Waals surface area contributed by atoms with Gasteiger partial charge in [0.1, 0.15) is 5.84 Å². The number of thiophene rings is 1. The summed E-state index contributed by atoms with van der Waals surface area (Å²) in [5.74, 6) is 0.220. The first-order chi connectivity index (χ1) is 6.11. The van der Waals surface area contributed by atoms with Gasteiger partial charge in [0.25, 0.3) is 0 Å². The third kappa shape index (κ3) is 2.82. The van der Waals surface area contributed by atoms with Crippen molar-refractivity contribution in [2.45, 2.75) is 19.5 Å². The molecule has 0 saturated heterocycles. The first-order valence-electron chi connectivity index (χ1n) is 4.16. The molecule has 0 aliphatic rings. The lowest BCUT2D eigenvalue weighted by atomic mass is 10.2. The number of hydrogen-bond donors (Lipinski definition) is 2. The summed E-state index contributed by atoms with van der Waals surface area (Å²) in [6, 6.07) is 2.11.